The van der Waals surface area contributed by atoms with Gasteiger partial charge in [-0.2, -0.15) is 0 Å². The van der Waals surface area contributed by atoms with Crippen molar-refractivity contribution in [2.75, 3.05) is 6.54 Å². The predicted molar refractivity (Wildman–Crippen MR) is 85.9 cm³/mol. The largest absolute Gasteiger partial charge is 0.312 e. The minimum Gasteiger partial charge on any atom is -0.312 e. The molecule has 1 nitrogen and oxygen atoms in total. The number of benzene rings is 1. The Morgan fingerprint density at radius 1 is 0.947 bits per heavy atom. The highest BCUT2D eigenvalue weighted by molar-refractivity contribution is 5.29. The maximum Gasteiger partial charge on any atom is 0.00965 e. The van der Waals surface area contributed by atoms with Gasteiger partial charge in [0.05, 0.1) is 0 Å². The highest BCUT2D eigenvalue weighted by Gasteiger charge is 2.14. The summed E-state index contributed by atoms with van der Waals surface area (Å²) in [6.45, 7) is 16.8. The summed E-state index contributed by atoms with van der Waals surface area (Å²) in [5.74, 6) is 0.615. The lowest BCUT2D eigenvalue weighted by Gasteiger charge is -2.23. The van der Waals surface area contributed by atoms with Crippen LogP contribution in [0.15, 0.2) is 24.3 Å². The molecule has 0 aliphatic rings. The second kappa shape index (κ2) is 6.09. The molecule has 0 amide bonds. The second-order valence-corrected chi connectivity index (χ2v) is 7.74. The van der Waals surface area contributed by atoms with Gasteiger partial charge in [-0.05, 0) is 56.2 Å². The normalized spacial score (nSPS) is 14.5. The molecule has 0 spiro atoms. The highest BCUT2D eigenvalue weighted by Crippen LogP contribution is 2.25. The van der Waals surface area contributed by atoms with E-state index in [1.807, 2.05) is 0 Å². The van der Waals surface area contributed by atoms with Crippen LogP contribution in [-0.4, -0.2) is 12.1 Å². The van der Waals surface area contributed by atoms with Crippen molar-refractivity contribution in [1.82, 2.24) is 5.32 Å². The quantitative estimate of drug-likeness (QED) is 0.815. The molecule has 108 valence electrons. The highest BCUT2D eigenvalue weighted by atomic mass is 14.9. The van der Waals surface area contributed by atoms with Gasteiger partial charge in [0, 0.05) is 5.54 Å². The lowest BCUT2D eigenvalue weighted by Crippen LogP contribution is -2.36. The summed E-state index contributed by atoms with van der Waals surface area (Å²) in [5, 5.41) is 3.56. The monoisotopic (exact) mass is 261 g/mol. The zero-order chi connectivity index (χ0) is 14.7. The molecule has 1 rings (SSSR count). The molecule has 1 N–H and O–H groups in total. The minimum atomic E-state index is 0.218. The zero-order valence-corrected chi connectivity index (χ0v) is 13.8. The molecule has 1 atom stereocenters. The van der Waals surface area contributed by atoms with Gasteiger partial charge in [-0.15, -0.1) is 0 Å². The molecular weight excluding hydrogens is 230 g/mol. The van der Waals surface area contributed by atoms with Crippen LogP contribution in [0.5, 0.6) is 0 Å². The Labute approximate surface area is 119 Å². The first kappa shape index (κ1) is 16.2. The van der Waals surface area contributed by atoms with Crippen molar-refractivity contribution in [3.8, 4) is 0 Å². The van der Waals surface area contributed by atoms with Crippen LogP contribution in [0.3, 0.4) is 0 Å². The molecular formula is C18H31N. The fourth-order valence-corrected chi connectivity index (χ4v) is 2.14. The molecule has 0 bridgehead atoms. The summed E-state index contributed by atoms with van der Waals surface area (Å²) >= 11 is 0. The summed E-state index contributed by atoms with van der Waals surface area (Å²) in [7, 11) is 0. The Morgan fingerprint density at radius 2 is 1.47 bits per heavy atom. The van der Waals surface area contributed by atoms with Gasteiger partial charge in [0.1, 0.15) is 0 Å². The molecule has 1 aromatic carbocycles. The van der Waals surface area contributed by atoms with Crippen LogP contribution in [0, 0.1) is 0 Å². The summed E-state index contributed by atoms with van der Waals surface area (Å²) < 4.78 is 0. The van der Waals surface area contributed by atoms with Crippen molar-refractivity contribution in [3.05, 3.63) is 35.4 Å². The van der Waals surface area contributed by atoms with E-state index in [1.54, 1.807) is 0 Å². The molecule has 1 unspecified atom stereocenters. The molecule has 0 heterocycles. The fraction of sp³-hybridized carbons (Fsp3) is 0.667. The van der Waals surface area contributed by atoms with Crippen molar-refractivity contribution < 1.29 is 0 Å². The topological polar surface area (TPSA) is 12.0 Å². The van der Waals surface area contributed by atoms with E-state index in [9.17, 15) is 0 Å². The van der Waals surface area contributed by atoms with Crippen LogP contribution in [0.25, 0.3) is 0 Å². The molecule has 0 aliphatic carbocycles. The van der Waals surface area contributed by atoms with Gasteiger partial charge >= 0.3 is 0 Å². The Balaban J connectivity index is 2.56. The van der Waals surface area contributed by atoms with Crippen molar-refractivity contribution >= 4 is 0 Å². The third-order valence-electron chi connectivity index (χ3n) is 3.58. The molecule has 0 saturated heterocycles. The molecule has 0 radical (unpaired) electrons. The molecule has 0 fully saturated rings. The van der Waals surface area contributed by atoms with Crippen molar-refractivity contribution in [3.63, 3.8) is 0 Å². The van der Waals surface area contributed by atoms with Gasteiger partial charge in [0.15, 0.2) is 0 Å². The van der Waals surface area contributed by atoms with Crippen LogP contribution < -0.4 is 5.32 Å². The van der Waals surface area contributed by atoms with E-state index in [0.29, 0.717) is 5.92 Å². The number of hydrogen-bond donors (Lipinski definition) is 1. The SMILES string of the molecule is CC(CCNC(C)(C)C)c1ccc(C(C)(C)C)cc1. The van der Waals surface area contributed by atoms with E-state index in [0.717, 1.165) is 6.54 Å². The molecule has 0 saturated carbocycles. The Hall–Kier alpha value is -0.820. The lowest BCUT2D eigenvalue weighted by atomic mass is 9.85. The summed E-state index contributed by atoms with van der Waals surface area (Å²) in [4.78, 5) is 0. The fourth-order valence-electron chi connectivity index (χ4n) is 2.14. The Morgan fingerprint density at radius 3 is 1.89 bits per heavy atom. The van der Waals surface area contributed by atoms with Crippen LogP contribution in [-0.2, 0) is 5.41 Å². The minimum absolute atomic E-state index is 0.218. The zero-order valence-electron chi connectivity index (χ0n) is 13.8. The predicted octanol–water partition coefficient (Wildman–Crippen LogP) is 4.87. The number of hydrogen-bond acceptors (Lipinski definition) is 1. The van der Waals surface area contributed by atoms with Gasteiger partial charge < -0.3 is 5.32 Å². The number of nitrogens with one attached hydrogen (secondary N) is 1. The first-order valence-corrected chi connectivity index (χ1v) is 7.45. The van der Waals surface area contributed by atoms with E-state index in [-0.39, 0.29) is 11.0 Å². The van der Waals surface area contributed by atoms with Crippen molar-refractivity contribution in [2.24, 2.45) is 0 Å². The average Bonchev–Trinajstić information content (AvgIpc) is 2.26. The van der Waals surface area contributed by atoms with E-state index in [1.165, 1.54) is 17.5 Å². The van der Waals surface area contributed by atoms with Gasteiger partial charge in [0.2, 0.25) is 0 Å². The standard InChI is InChI=1S/C18H31N/c1-14(12-13-19-18(5,6)7)15-8-10-16(11-9-15)17(2,3)4/h8-11,14,19H,12-13H2,1-7H3. The molecule has 1 aromatic rings. The van der Waals surface area contributed by atoms with E-state index in [2.05, 4.69) is 78.0 Å². The Kier molecular flexibility index (Phi) is 5.20. The van der Waals surface area contributed by atoms with Crippen LogP contribution in [0.1, 0.15) is 71.9 Å². The smallest absolute Gasteiger partial charge is 0.00965 e. The molecule has 19 heavy (non-hydrogen) atoms. The maximum atomic E-state index is 3.56. The summed E-state index contributed by atoms with van der Waals surface area (Å²) in [5.41, 5.74) is 3.32. The maximum absolute atomic E-state index is 3.56. The first-order valence-electron chi connectivity index (χ1n) is 7.45. The van der Waals surface area contributed by atoms with Crippen LogP contribution in [0.2, 0.25) is 0 Å². The van der Waals surface area contributed by atoms with Gasteiger partial charge in [-0.3, -0.25) is 0 Å². The van der Waals surface area contributed by atoms with E-state index < -0.39 is 0 Å². The van der Waals surface area contributed by atoms with Crippen LogP contribution >= 0.6 is 0 Å². The molecule has 1 heteroatoms. The summed E-state index contributed by atoms with van der Waals surface area (Å²) in [6, 6.07) is 9.15. The lowest BCUT2D eigenvalue weighted by molar-refractivity contribution is 0.413. The van der Waals surface area contributed by atoms with E-state index >= 15 is 0 Å². The third-order valence-corrected chi connectivity index (χ3v) is 3.58. The molecule has 0 aliphatic heterocycles. The second-order valence-electron chi connectivity index (χ2n) is 7.74. The number of rotatable bonds is 4. The molecule has 0 aromatic heterocycles. The van der Waals surface area contributed by atoms with Gasteiger partial charge in [-0.25, -0.2) is 0 Å². The van der Waals surface area contributed by atoms with E-state index in [4.69, 9.17) is 0 Å². The van der Waals surface area contributed by atoms with Crippen molar-refractivity contribution in [2.45, 2.75) is 71.8 Å². The summed E-state index contributed by atoms with van der Waals surface area (Å²) in [6.07, 6.45) is 1.19. The first-order chi connectivity index (χ1) is 8.59. The average molecular weight is 261 g/mol. The van der Waals surface area contributed by atoms with Gasteiger partial charge in [-0.1, -0.05) is 52.0 Å². The third kappa shape index (κ3) is 5.78. The van der Waals surface area contributed by atoms with Crippen molar-refractivity contribution in [1.29, 1.82) is 0 Å². The van der Waals surface area contributed by atoms with Crippen LogP contribution in [0.4, 0.5) is 0 Å². The Bertz CT molecular complexity index is 376. The van der Waals surface area contributed by atoms with Gasteiger partial charge in [0.25, 0.3) is 0 Å².